The van der Waals surface area contributed by atoms with Gasteiger partial charge in [-0.2, -0.15) is 0 Å². The Morgan fingerprint density at radius 2 is 1.33 bits per heavy atom. The predicted molar refractivity (Wildman–Crippen MR) is 94.7 cm³/mol. The lowest BCUT2D eigenvalue weighted by atomic mass is 9.79. The first-order valence-corrected chi connectivity index (χ1v) is 8.53. The Bertz CT molecular complexity index is 603. The number of hydrogen-bond acceptors (Lipinski definition) is 0. The van der Waals surface area contributed by atoms with Gasteiger partial charge in [0, 0.05) is 32.2 Å². The summed E-state index contributed by atoms with van der Waals surface area (Å²) in [5, 5.41) is 1.91. The van der Waals surface area contributed by atoms with E-state index in [2.05, 4.69) is 0 Å². The third-order valence-electron chi connectivity index (χ3n) is 3.51. The molecule has 2 aromatic rings. The van der Waals surface area contributed by atoms with Crippen LogP contribution in [0.25, 0.3) is 0 Å². The molecule has 0 saturated carbocycles. The molecule has 0 amide bonds. The van der Waals surface area contributed by atoms with Gasteiger partial charge in [0.15, 0.2) is 0 Å². The van der Waals surface area contributed by atoms with Gasteiger partial charge in [-0.1, -0.05) is 53.0 Å². The Balaban J connectivity index is 2.40. The first-order valence-electron chi connectivity index (χ1n) is 6.33. The van der Waals surface area contributed by atoms with Crippen molar-refractivity contribution < 1.29 is 0 Å². The summed E-state index contributed by atoms with van der Waals surface area (Å²) in [6.07, 6.45) is 0.637. The van der Waals surface area contributed by atoms with Crippen LogP contribution in [0.1, 0.15) is 11.1 Å². The second-order valence-corrected chi connectivity index (χ2v) is 6.78. The maximum Gasteiger partial charge on any atom is 0.0453 e. The number of hydrogen-bond donors (Lipinski definition) is 0. The molecule has 0 fully saturated rings. The molecular formula is C16H13Cl5. The van der Waals surface area contributed by atoms with E-state index in [0.717, 1.165) is 11.1 Å². The van der Waals surface area contributed by atoms with E-state index >= 15 is 0 Å². The minimum Gasteiger partial charge on any atom is -0.126 e. The lowest BCUT2D eigenvalue weighted by molar-refractivity contribution is 0.536. The van der Waals surface area contributed by atoms with E-state index in [1.165, 1.54) is 0 Å². The maximum atomic E-state index is 6.27. The number of benzene rings is 2. The Morgan fingerprint density at radius 3 is 1.86 bits per heavy atom. The highest BCUT2D eigenvalue weighted by atomic mass is 35.5. The summed E-state index contributed by atoms with van der Waals surface area (Å²) in [5.74, 6) is 0.772. The van der Waals surface area contributed by atoms with Crippen LogP contribution in [-0.2, 0) is 11.8 Å². The van der Waals surface area contributed by atoms with Crippen molar-refractivity contribution in [2.24, 2.45) is 0 Å². The molecule has 2 aromatic carbocycles. The smallest absolute Gasteiger partial charge is 0.0453 e. The monoisotopic (exact) mass is 380 g/mol. The normalized spacial score (nSPS) is 11.7. The Morgan fingerprint density at radius 1 is 0.762 bits per heavy atom. The van der Waals surface area contributed by atoms with Gasteiger partial charge in [0.1, 0.15) is 0 Å². The SMILES string of the molecule is ClCC(CCl)(Cc1ccc(Cl)cc1Cl)c1ccc(Cl)cc1. The molecule has 0 spiro atoms. The summed E-state index contributed by atoms with van der Waals surface area (Å²) in [7, 11) is 0. The molecule has 0 bridgehead atoms. The van der Waals surface area contributed by atoms with Crippen molar-refractivity contribution in [1.82, 2.24) is 0 Å². The topological polar surface area (TPSA) is 0 Å². The summed E-state index contributed by atoms with van der Waals surface area (Å²) < 4.78 is 0. The van der Waals surface area contributed by atoms with E-state index in [0.29, 0.717) is 33.2 Å². The fraction of sp³-hybridized carbons (Fsp3) is 0.250. The van der Waals surface area contributed by atoms with Crippen molar-refractivity contribution in [3.05, 3.63) is 68.7 Å². The van der Waals surface area contributed by atoms with Crippen molar-refractivity contribution in [2.75, 3.05) is 11.8 Å². The molecule has 0 aromatic heterocycles. The molecule has 0 aliphatic heterocycles. The molecule has 0 radical (unpaired) electrons. The lowest BCUT2D eigenvalue weighted by Crippen LogP contribution is -2.33. The Kier molecular flexibility index (Phi) is 6.11. The van der Waals surface area contributed by atoms with E-state index in [9.17, 15) is 0 Å². The van der Waals surface area contributed by atoms with E-state index in [-0.39, 0.29) is 0 Å². The van der Waals surface area contributed by atoms with Crippen molar-refractivity contribution in [1.29, 1.82) is 0 Å². The summed E-state index contributed by atoms with van der Waals surface area (Å²) in [5.41, 5.74) is 1.62. The molecule has 0 unspecified atom stereocenters. The van der Waals surface area contributed by atoms with E-state index in [1.807, 2.05) is 36.4 Å². The van der Waals surface area contributed by atoms with Gasteiger partial charge in [0.25, 0.3) is 0 Å². The first-order chi connectivity index (χ1) is 10.0. The largest absolute Gasteiger partial charge is 0.126 e. The highest BCUT2D eigenvalue weighted by molar-refractivity contribution is 6.35. The number of alkyl halides is 2. The van der Waals surface area contributed by atoms with E-state index in [1.54, 1.807) is 6.07 Å². The highest BCUT2D eigenvalue weighted by Crippen LogP contribution is 2.35. The summed E-state index contributed by atoms with van der Waals surface area (Å²) in [6.45, 7) is 0. The van der Waals surface area contributed by atoms with Crippen LogP contribution >= 0.6 is 58.0 Å². The zero-order valence-electron chi connectivity index (χ0n) is 11.1. The van der Waals surface area contributed by atoms with Gasteiger partial charge >= 0.3 is 0 Å². The molecule has 0 heterocycles. The minimum absolute atomic E-state index is 0.386. The maximum absolute atomic E-state index is 6.27. The van der Waals surface area contributed by atoms with Gasteiger partial charge in [-0.3, -0.25) is 0 Å². The third-order valence-corrected chi connectivity index (χ3v) is 5.37. The molecule has 5 heteroatoms. The van der Waals surface area contributed by atoms with Crippen LogP contribution in [0.4, 0.5) is 0 Å². The predicted octanol–water partition coefficient (Wildman–Crippen LogP) is 6.60. The molecule has 0 N–H and O–H groups in total. The van der Waals surface area contributed by atoms with Crippen molar-refractivity contribution >= 4 is 58.0 Å². The van der Waals surface area contributed by atoms with Crippen molar-refractivity contribution in [3.63, 3.8) is 0 Å². The molecule has 2 rings (SSSR count). The van der Waals surface area contributed by atoms with Crippen LogP contribution in [-0.4, -0.2) is 11.8 Å². The fourth-order valence-electron chi connectivity index (χ4n) is 2.22. The zero-order chi connectivity index (χ0) is 15.5. The van der Waals surface area contributed by atoms with Gasteiger partial charge in [0.2, 0.25) is 0 Å². The number of rotatable bonds is 5. The fourth-order valence-corrected chi connectivity index (χ4v) is 3.60. The van der Waals surface area contributed by atoms with Gasteiger partial charge in [-0.25, -0.2) is 0 Å². The molecule has 0 atom stereocenters. The second-order valence-electron chi connectivity index (χ2n) is 4.97. The van der Waals surface area contributed by atoms with Gasteiger partial charge < -0.3 is 0 Å². The van der Waals surface area contributed by atoms with Crippen LogP contribution in [0.2, 0.25) is 15.1 Å². The molecule has 0 aliphatic rings. The van der Waals surface area contributed by atoms with Crippen LogP contribution in [0.5, 0.6) is 0 Å². The molecular weight excluding hydrogens is 369 g/mol. The van der Waals surface area contributed by atoms with Crippen LogP contribution in [0.3, 0.4) is 0 Å². The quantitative estimate of drug-likeness (QED) is 0.511. The van der Waals surface area contributed by atoms with Gasteiger partial charge in [-0.05, 0) is 41.8 Å². The first kappa shape index (κ1) is 17.2. The molecule has 0 saturated heterocycles. The summed E-state index contributed by atoms with van der Waals surface area (Å²) in [6, 6.07) is 13.1. The number of halogens is 5. The van der Waals surface area contributed by atoms with E-state index in [4.69, 9.17) is 58.0 Å². The third kappa shape index (κ3) is 4.00. The molecule has 0 aliphatic carbocycles. The standard InChI is InChI=1S/C16H13Cl5/c17-9-16(10-18,12-2-5-13(19)6-3-12)8-11-1-4-14(20)7-15(11)21/h1-7H,8-10H2. The van der Waals surface area contributed by atoms with Crippen LogP contribution in [0, 0.1) is 0 Å². The Hall–Kier alpha value is -0.110. The average molecular weight is 383 g/mol. The summed E-state index contributed by atoms with van der Waals surface area (Å²) in [4.78, 5) is 0. The van der Waals surface area contributed by atoms with Crippen LogP contribution in [0.15, 0.2) is 42.5 Å². The molecule has 21 heavy (non-hydrogen) atoms. The lowest BCUT2D eigenvalue weighted by Gasteiger charge is -2.31. The zero-order valence-corrected chi connectivity index (χ0v) is 14.8. The van der Waals surface area contributed by atoms with Gasteiger partial charge in [0.05, 0.1) is 0 Å². The van der Waals surface area contributed by atoms with Crippen molar-refractivity contribution in [3.8, 4) is 0 Å². The summed E-state index contributed by atoms with van der Waals surface area (Å²) >= 11 is 30.7. The van der Waals surface area contributed by atoms with Gasteiger partial charge in [-0.15, -0.1) is 23.2 Å². The molecule has 112 valence electrons. The van der Waals surface area contributed by atoms with Crippen molar-refractivity contribution in [2.45, 2.75) is 11.8 Å². The minimum atomic E-state index is -0.398. The van der Waals surface area contributed by atoms with Crippen LogP contribution < -0.4 is 0 Å². The molecule has 0 nitrogen and oxygen atoms in total. The second kappa shape index (κ2) is 7.44. The highest BCUT2D eigenvalue weighted by Gasteiger charge is 2.31. The Labute approximate surface area is 149 Å². The van der Waals surface area contributed by atoms with E-state index < -0.39 is 5.41 Å². The average Bonchev–Trinajstić information content (AvgIpc) is 2.48.